The van der Waals surface area contributed by atoms with Gasteiger partial charge in [-0.1, -0.05) is 19.8 Å². The Bertz CT molecular complexity index is 836. The number of non-ortho nitro benzene ring substituents is 1. The van der Waals surface area contributed by atoms with Crippen LogP contribution in [0.3, 0.4) is 0 Å². The van der Waals surface area contributed by atoms with E-state index in [-0.39, 0.29) is 16.6 Å². The summed E-state index contributed by atoms with van der Waals surface area (Å²) in [6.07, 6.45) is 4.04. The number of sulfone groups is 1. The summed E-state index contributed by atoms with van der Waals surface area (Å²) >= 11 is 0. The Morgan fingerprint density at radius 3 is 2.43 bits per heavy atom. The van der Waals surface area contributed by atoms with Crippen LogP contribution in [0.2, 0.25) is 0 Å². The second-order valence-electron chi connectivity index (χ2n) is 6.98. The van der Waals surface area contributed by atoms with E-state index in [1.807, 2.05) is 0 Å². The van der Waals surface area contributed by atoms with Crippen molar-refractivity contribution in [1.82, 2.24) is 5.32 Å². The zero-order valence-electron chi connectivity index (χ0n) is 15.8. The predicted molar refractivity (Wildman–Crippen MR) is 100 cm³/mol. The number of carbonyl (C=O) groups excluding carboxylic acids is 2. The van der Waals surface area contributed by atoms with Gasteiger partial charge in [0.25, 0.3) is 11.6 Å². The lowest BCUT2D eigenvalue weighted by molar-refractivity contribution is -0.384. The molecule has 154 valence electrons. The minimum Gasteiger partial charge on any atom is -0.455 e. The lowest BCUT2D eigenvalue weighted by Gasteiger charge is -2.29. The Balaban J connectivity index is 1.93. The highest BCUT2D eigenvalue weighted by Crippen LogP contribution is 2.24. The summed E-state index contributed by atoms with van der Waals surface area (Å²) in [5.41, 5.74) is -0.261. The molecular formula is C18H24N2O7S. The number of nitrogens with one attached hydrogen (secondary N) is 1. The number of nitrogens with zero attached hydrogens (tertiary/aromatic N) is 1. The van der Waals surface area contributed by atoms with Gasteiger partial charge in [-0.15, -0.1) is 0 Å². The monoisotopic (exact) mass is 412 g/mol. The summed E-state index contributed by atoms with van der Waals surface area (Å²) in [5, 5.41) is 11.9. The minimum absolute atomic E-state index is 0.0289. The van der Waals surface area contributed by atoms with Gasteiger partial charge >= 0.3 is 5.97 Å². The molecule has 0 saturated heterocycles. The first-order valence-corrected chi connectivity index (χ1v) is 10.6. The van der Waals surface area contributed by atoms with Crippen molar-refractivity contribution in [3.8, 4) is 0 Å². The smallest absolute Gasteiger partial charge is 0.324 e. The Kier molecular flexibility index (Phi) is 7.11. The van der Waals surface area contributed by atoms with Crippen LogP contribution in [-0.2, 0) is 24.2 Å². The van der Waals surface area contributed by atoms with Crippen molar-refractivity contribution < 1.29 is 27.7 Å². The molecule has 0 aliphatic heterocycles. The number of hydrogen-bond donors (Lipinski definition) is 1. The number of nitro groups is 1. The van der Waals surface area contributed by atoms with Crippen LogP contribution in [0.25, 0.3) is 0 Å². The molecule has 0 unspecified atom stereocenters. The molecule has 1 aliphatic carbocycles. The third-order valence-corrected chi connectivity index (χ3v) is 7.03. The lowest BCUT2D eigenvalue weighted by atomic mass is 9.86. The van der Waals surface area contributed by atoms with Crippen molar-refractivity contribution in [1.29, 1.82) is 0 Å². The summed E-state index contributed by atoms with van der Waals surface area (Å²) in [6, 6.07) is 4.25. The summed E-state index contributed by atoms with van der Waals surface area (Å²) in [6.45, 7) is 2.65. The highest BCUT2D eigenvalue weighted by Gasteiger charge is 2.32. The maximum absolute atomic E-state index is 12.5. The maximum atomic E-state index is 12.5. The van der Waals surface area contributed by atoms with Gasteiger partial charge in [0.15, 0.2) is 21.7 Å². The van der Waals surface area contributed by atoms with Crippen LogP contribution in [0.1, 0.15) is 39.5 Å². The standard InChI is InChI=1S/C18H24N2O7S/c1-12-5-3-4-6-16(12)19-17(21)11-27-18(22)13(2)28(25,26)15-9-7-14(8-10-15)20(23)24/h7-10,12-13,16H,3-6,11H2,1-2H3,(H,19,21)/t12-,13+,16+/m0/s1. The molecular weight excluding hydrogens is 388 g/mol. The number of hydrogen-bond acceptors (Lipinski definition) is 7. The lowest BCUT2D eigenvalue weighted by Crippen LogP contribution is -2.43. The number of nitro benzene ring substituents is 1. The van der Waals surface area contributed by atoms with Crippen LogP contribution in [0.5, 0.6) is 0 Å². The number of ether oxygens (including phenoxy) is 1. The van der Waals surface area contributed by atoms with Crippen LogP contribution < -0.4 is 5.32 Å². The van der Waals surface area contributed by atoms with Crippen molar-refractivity contribution in [3.05, 3.63) is 34.4 Å². The van der Waals surface area contributed by atoms with E-state index >= 15 is 0 Å². The van der Waals surface area contributed by atoms with E-state index in [1.54, 1.807) is 0 Å². The SMILES string of the molecule is C[C@H](C(=O)OCC(=O)N[C@@H]1CCCC[C@@H]1C)S(=O)(=O)c1ccc([N+](=O)[O-])cc1. The van der Waals surface area contributed by atoms with Gasteiger partial charge in [0.2, 0.25) is 0 Å². The first-order valence-electron chi connectivity index (χ1n) is 9.07. The van der Waals surface area contributed by atoms with Crippen LogP contribution in [-0.4, -0.2) is 43.1 Å². The Hall–Kier alpha value is -2.49. The molecule has 28 heavy (non-hydrogen) atoms. The fraction of sp³-hybridized carbons (Fsp3) is 0.556. The van der Waals surface area contributed by atoms with E-state index in [0.29, 0.717) is 5.92 Å². The zero-order chi connectivity index (χ0) is 20.9. The molecule has 0 spiro atoms. The molecule has 1 amide bonds. The molecule has 1 fully saturated rings. The first kappa shape index (κ1) is 21.8. The molecule has 9 nitrogen and oxygen atoms in total. The van der Waals surface area contributed by atoms with Crippen molar-refractivity contribution in [2.45, 2.75) is 55.7 Å². The van der Waals surface area contributed by atoms with Gasteiger partial charge in [-0.05, 0) is 37.8 Å². The predicted octanol–water partition coefficient (Wildman–Crippen LogP) is 2.00. The third kappa shape index (κ3) is 5.28. The van der Waals surface area contributed by atoms with Crippen LogP contribution >= 0.6 is 0 Å². The minimum atomic E-state index is -4.09. The van der Waals surface area contributed by atoms with Gasteiger partial charge in [-0.25, -0.2) is 8.42 Å². The molecule has 0 aromatic heterocycles. The molecule has 0 bridgehead atoms. The second kappa shape index (κ2) is 9.13. The maximum Gasteiger partial charge on any atom is 0.324 e. The van der Waals surface area contributed by atoms with E-state index in [1.165, 1.54) is 0 Å². The fourth-order valence-corrected chi connectivity index (χ4v) is 4.37. The number of benzene rings is 1. The summed E-state index contributed by atoms with van der Waals surface area (Å²) < 4.78 is 29.8. The van der Waals surface area contributed by atoms with Gasteiger partial charge in [0.05, 0.1) is 9.82 Å². The molecule has 10 heteroatoms. The largest absolute Gasteiger partial charge is 0.455 e. The molecule has 0 radical (unpaired) electrons. The van der Waals surface area contributed by atoms with Crippen molar-refractivity contribution in [2.24, 2.45) is 5.92 Å². The van der Waals surface area contributed by atoms with Crippen molar-refractivity contribution in [2.75, 3.05) is 6.61 Å². The van der Waals surface area contributed by atoms with Crippen molar-refractivity contribution >= 4 is 27.4 Å². The molecule has 3 atom stereocenters. The Labute approximate surface area is 163 Å². The molecule has 1 aromatic carbocycles. The van der Waals surface area contributed by atoms with Gasteiger partial charge in [-0.2, -0.15) is 0 Å². The van der Waals surface area contributed by atoms with E-state index in [9.17, 15) is 28.1 Å². The molecule has 0 heterocycles. The number of rotatable bonds is 7. The molecule has 1 aliphatic rings. The van der Waals surface area contributed by atoms with Crippen LogP contribution in [0.15, 0.2) is 29.2 Å². The molecule has 1 saturated carbocycles. The summed E-state index contributed by atoms with van der Waals surface area (Å²) in [7, 11) is -4.09. The highest BCUT2D eigenvalue weighted by atomic mass is 32.2. The Morgan fingerprint density at radius 1 is 1.25 bits per heavy atom. The topological polar surface area (TPSA) is 133 Å². The fourth-order valence-electron chi connectivity index (χ4n) is 3.12. The zero-order valence-corrected chi connectivity index (χ0v) is 16.6. The normalized spacial score (nSPS) is 20.8. The van der Waals surface area contributed by atoms with E-state index in [4.69, 9.17) is 4.74 Å². The van der Waals surface area contributed by atoms with E-state index < -0.39 is 38.5 Å². The molecule has 1 aromatic rings. The van der Waals surface area contributed by atoms with E-state index in [2.05, 4.69) is 12.2 Å². The van der Waals surface area contributed by atoms with E-state index in [0.717, 1.165) is 56.9 Å². The average molecular weight is 412 g/mol. The average Bonchev–Trinajstić information content (AvgIpc) is 2.67. The summed E-state index contributed by atoms with van der Waals surface area (Å²) in [5.74, 6) is -1.17. The first-order chi connectivity index (χ1) is 13.1. The number of carbonyl (C=O) groups is 2. The number of amides is 1. The van der Waals surface area contributed by atoms with Gasteiger partial charge in [0.1, 0.15) is 0 Å². The van der Waals surface area contributed by atoms with Gasteiger partial charge < -0.3 is 10.1 Å². The third-order valence-electron chi connectivity index (χ3n) is 4.98. The second-order valence-corrected chi connectivity index (χ2v) is 9.25. The van der Waals surface area contributed by atoms with Gasteiger partial charge in [-0.3, -0.25) is 19.7 Å². The quantitative estimate of drug-likeness (QED) is 0.411. The highest BCUT2D eigenvalue weighted by molar-refractivity contribution is 7.92. The molecule has 1 N–H and O–H groups in total. The van der Waals surface area contributed by atoms with Crippen LogP contribution in [0, 0.1) is 16.0 Å². The Morgan fingerprint density at radius 2 is 1.86 bits per heavy atom. The van der Waals surface area contributed by atoms with Gasteiger partial charge in [0, 0.05) is 18.2 Å². The van der Waals surface area contributed by atoms with Crippen molar-refractivity contribution in [3.63, 3.8) is 0 Å². The number of esters is 1. The summed E-state index contributed by atoms with van der Waals surface area (Å²) in [4.78, 5) is 33.9. The van der Waals surface area contributed by atoms with Crippen LogP contribution in [0.4, 0.5) is 5.69 Å². The molecule has 2 rings (SSSR count).